The van der Waals surface area contributed by atoms with Crippen molar-refractivity contribution in [2.75, 3.05) is 12.3 Å². The summed E-state index contributed by atoms with van der Waals surface area (Å²) < 4.78 is 14.7. The maximum Gasteiger partial charge on any atom is 0.127 e. The Balaban J connectivity index is 2.33. The van der Waals surface area contributed by atoms with Gasteiger partial charge in [0, 0.05) is 27.6 Å². The van der Waals surface area contributed by atoms with E-state index in [0.29, 0.717) is 0 Å². The van der Waals surface area contributed by atoms with Crippen LogP contribution in [-0.4, -0.2) is 12.3 Å². The van der Waals surface area contributed by atoms with Crippen molar-refractivity contribution in [2.24, 2.45) is 0 Å². The fourth-order valence-corrected chi connectivity index (χ4v) is 3.76. The predicted molar refractivity (Wildman–Crippen MR) is 71.3 cm³/mol. The van der Waals surface area contributed by atoms with Crippen molar-refractivity contribution in [3.05, 3.63) is 33.5 Å². The topological polar surface area (TPSA) is 12.0 Å². The van der Waals surface area contributed by atoms with Crippen LogP contribution in [0.1, 0.15) is 30.5 Å². The summed E-state index contributed by atoms with van der Waals surface area (Å²) in [7, 11) is 0. The second-order valence-corrected chi connectivity index (χ2v) is 5.83. The first-order chi connectivity index (χ1) is 7.74. The van der Waals surface area contributed by atoms with Gasteiger partial charge in [-0.3, -0.25) is 0 Å². The maximum atomic E-state index is 13.7. The van der Waals surface area contributed by atoms with Crippen LogP contribution in [0.4, 0.5) is 4.39 Å². The van der Waals surface area contributed by atoms with Gasteiger partial charge >= 0.3 is 0 Å². The van der Waals surface area contributed by atoms with Crippen LogP contribution in [0.2, 0.25) is 0 Å². The molecule has 88 valence electrons. The van der Waals surface area contributed by atoms with Crippen molar-refractivity contribution < 1.29 is 4.39 Å². The molecule has 0 saturated carbocycles. The third-order valence-corrected chi connectivity index (χ3v) is 4.52. The van der Waals surface area contributed by atoms with Crippen LogP contribution in [-0.2, 0) is 5.75 Å². The summed E-state index contributed by atoms with van der Waals surface area (Å²) in [5, 5.41) is 3.48. The second-order valence-electron chi connectivity index (χ2n) is 3.94. The first kappa shape index (κ1) is 12.4. The highest BCUT2D eigenvalue weighted by molar-refractivity contribution is 9.10. The predicted octanol–water partition coefficient (Wildman–Crippen LogP) is 3.88. The maximum absolute atomic E-state index is 13.7. The summed E-state index contributed by atoms with van der Waals surface area (Å²) in [4.78, 5) is 0. The monoisotopic (exact) mass is 303 g/mol. The molecular weight excluding hydrogens is 289 g/mol. The Labute approximate surface area is 108 Å². The molecule has 0 saturated heterocycles. The van der Waals surface area contributed by atoms with Gasteiger partial charge in [-0.1, -0.05) is 22.9 Å². The van der Waals surface area contributed by atoms with Crippen LogP contribution in [0.3, 0.4) is 0 Å². The minimum atomic E-state index is -0.0753. The Kier molecular flexibility index (Phi) is 4.27. The summed E-state index contributed by atoms with van der Waals surface area (Å²) in [5.74, 6) is 1.73. The Morgan fingerprint density at radius 2 is 2.38 bits per heavy atom. The van der Waals surface area contributed by atoms with Crippen LogP contribution in [0, 0.1) is 5.82 Å². The minimum Gasteiger partial charge on any atom is -0.309 e. The smallest absolute Gasteiger partial charge is 0.127 e. The summed E-state index contributed by atoms with van der Waals surface area (Å²) in [6, 6.07) is 3.63. The number of rotatable bonds is 3. The lowest BCUT2D eigenvalue weighted by atomic mass is 10.0. The first-order valence-corrected chi connectivity index (χ1v) is 7.46. The van der Waals surface area contributed by atoms with Crippen LogP contribution in [0.15, 0.2) is 16.6 Å². The van der Waals surface area contributed by atoms with Crippen LogP contribution in [0.25, 0.3) is 0 Å². The number of hydrogen-bond donors (Lipinski definition) is 1. The van der Waals surface area contributed by atoms with E-state index in [1.165, 1.54) is 0 Å². The van der Waals surface area contributed by atoms with Crippen molar-refractivity contribution in [1.82, 2.24) is 5.32 Å². The molecule has 1 N–H and O–H groups in total. The van der Waals surface area contributed by atoms with Gasteiger partial charge in [-0.25, -0.2) is 4.39 Å². The Morgan fingerprint density at radius 1 is 1.56 bits per heavy atom. The lowest BCUT2D eigenvalue weighted by Crippen LogP contribution is -2.28. The zero-order chi connectivity index (χ0) is 11.5. The van der Waals surface area contributed by atoms with Gasteiger partial charge < -0.3 is 5.32 Å². The highest BCUT2D eigenvalue weighted by Gasteiger charge is 2.24. The zero-order valence-corrected chi connectivity index (χ0v) is 11.6. The van der Waals surface area contributed by atoms with Gasteiger partial charge in [0.25, 0.3) is 0 Å². The highest BCUT2D eigenvalue weighted by Crippen LogP contribution is 2.37. The van der Waals surface area contributed by atoms with Gasteiger partial charge in [0.15, 0.2) is 0 Å². The van der Waals surface area contributed by atoms with E-state index in [9.17, 15) is 4.39 Å². The van der Waals surface area contributed by atoms with Gasteiger partial charge in [0.2, 0.25) is 0 Å². The molecule has 1 heterocycles. The van der Waals surface area contributed by atoms with E-state index in [1.54, 1.807) is 17.8 Å². The number of hydrogen-bond acceptors (Lipinski definition) is 2. The molecule has 1 aliphatic rings. The molecule has 0 amide bonds. The molecule has 1 nitrogen and oxygen atoms in total. The van der Waals surface area contributed by atoms with Crippen LogP contribution >= 0.6 is 27.7 Å². The van der Waals surface area contributed by atoms with Crippen LogP contribution < -0.4 is 5.32 Å². The normalized spacial score (nSPS) is 19.6. The SMILES string of the molecule is CCCNC1CSCc2c(F)ccc(Br)c21. The zero-order valence-electron chi connectivity index (χ0n) is 9.22. The molecular formula is C12H15BrFNS. The van der Waals surface area contributed by atoms with E-state index in [1.807, 2.05) is 6.07 Å². The van der Waals surface area contributed by atoms with Gasteiger partial charge in [0.05, 0.1) is 0 Å². The molecule has 0 fully saturated rings. The van der Waals surface area contributed by atoms with E-state index in [2.05, 4.69) is 28.2 Å². The van der Waals surface area contributed by atoms with Gasteiger partial charge in [-0.05, 0) is 30.7 Å². The molecule has 0 aromatic heterocycles. The Hall–Kier alpha value is -0.0600. The number of halogens is 2. The lowest BCUT2D eigenvalue weighted by molar-refractivity contribution is 0.553. The average Bonchev–Trinajstić information content (AvgIpc) is 2.31. The van der Waals surface area contributed by atoms with Gasteiger partial charge in [-0.2, -0.15) is 11.8 Å². The number of benzene rings is 1. The molecule has 0 aliphatic carbocycles. The number of thioether (sulfide) groups is 1. The largest absolute Gasteiger partial charge is 0.309 e. The molecule has 2 rings (SSSR count). The fourth-order valence-electron chi connectivity index (χ4n) is 1.97. The van der Waals surface area contributed by atoms with Crippen molar-refractivity contribution >= 4 is 27.7 Å². The van der Waals surface area contributed by atoms with Crippen molar-refractivity contribution in [2.45, 2.75) is 25.1 Å². The third-order valence-electron chi connectivity index (χ3n) is 2.77. The summed E-state index contributed by atoms with van der Waals surface area (Å²) in [6.07, 6.45) is 1.10. The molecule has 1 aliphatic heterocycles. The van der Waals surface area contributed by atoms with Crippen molar-refractivity contribution in [1.29, 1.82) is 0 Å². The average molecular weight is 304 g/mol. The lowest BCUT2D eigenvalue weighted by Gasteiger charge is -2.27. The summed E-state index contributed by atoms with van der Waals surface area (Å²) >= 11 is 5.33. The van der Waals surface area contributed by atoms with Crippen molar-refractivity contribution in [3.8, 4) is 0 Å². The molecule has 16 heavy (non-hydrogen) atoms. The first-order valence-electron chi connectivity index (χ1n) is 5.52. The molecule has 1 aromatic carbocycles. The summed E-state index contributed by atoms with van der Waals surface area (Å²) in [5.41, 5.74) is 1.98. The molecule has 0 spiro atoms. The van der Waals surface area contributed by atoms with Crippen LogP contribution in [0.5, 0.6) is 0 Å². The minimum absolute atomic E-state index is 0.0753. The third kappa shape index (κ3) is 2.44. The molecule has 0 bridgehead atoms. The molecule has 1 atom stereocenters. The Bertz CT molecular complexity index is 384. The number of nitrogens with one attached hydrogen (secondary N) is 1. The molecule has 0 radical (unpaired) electrons. The van der Waals surface area contributed by atoms with Gasteiger partial charge in [-0.15, -0.1) is 0 Å². The number of fused-ring (bicyclic) bond motifs is 1. The standard InChI is InChI=1S/C12H15BrFNS/c1-2-5-15-11-7-16-6-8-10(14)4-3-9(13)12(8)11/h3-4,11,15H,2,5-7H2,1H3. The second kappa shape index (κ2) is 5.52. The Morgan fingerprint density at radius 3 is 3.12 bits per heavy atom. The van der Waals surface area contributed by atoms with E-state index < -0.39 is 0 Å². The van der Waals surface area contributed by atoms with E-state index >= 15 is 0 Å². The van der Waals surface area contributed by atoms with Gasteiger partial charge in [0.1, 0.15) is 5.82 Å². The van der Waals surface area contributed by atoms with Crippen molar-refractivity contribution in [3.63, 3.8) is 0 Å². The molecule has 1 aromatic rings. The van der Waals surface area contributed by atoms with E-state index in [-0.39, 0.29) is 11.9 Å². The van der Waals surface area contributed by atoms with E-state index in [0.717, 1.165) is 40.1 Å². The highest BCUT2D eigenvalue weighted by atomic mass is 79.9. The summed E-state index contributed by atoms with van der Waals surface area (Å²) in [6.45, 7) is 3.12. The quantitative estimate of drug-likeness (QED) is 0.909. The fraction of sp³-hybridized carbons (Fsp3) is 0.500. The van der Waals surface area contributed by atoms with E-state index in [4.69, 9.17) is 0 Å². The molecule has 4 heteroatoms. The molecule has 1 unspecified atom stereocenters.